The van der Waals surface area contributed by atoms with E-state index in [1.807, 2.05) is 30.3 Å². The second-order valence-corrected chi connectivity index (χ2v) is 5.45. The predicted octanol–water partition coefficient (Wildman–Crippen LogP) is 3.05. The third-order valence-corrected chi connectivity index (χ3v) is 3.54. The van der Waals surface area contributed by atoms with Gasteiger partial charge in [-0.2, -0.15) is 0 Å². The number of hydrogen-bond donors (Lipinski definition) is 2. The number of anilines is 2. The normalized spacial score (nSPS) is 14.6. The molecular weight excluding hydrogens is 250 g/mol. The Morgan fingerprint density at radius 1 is 1.25 bits per heavy atom. The van der Waals surface area contributed by atoms with E-state index in [4.69, 9.17) is 10.5 Å². The fourth-order valence-corrected chi connectivity index (χ4v) is 2.17. The van der Waals surface area contributed by atoms with Crippen LogP contribution in [0.25, 0.3) is 10.9 Å². The zero-order valence-electron chi connectivity index (χ0n) is 11.6. The molecule has 0 bridgehead atoms. The molecule has 0 radical (unpaired) electrons. The second-order valence-electron chi connectivity index (χ2n) is 5.45. The first kappa shape index (κ1) is 13.2. The Morgan fingerprint density at radius 2 is 2.15 bits per heavy atom. The summed E-state index contributed by atoms with van der Waals surface area (Å²) in [7, 11) is 0. The van der Waals surface area contributed by atoms with Crippen molar-refractivity contribution in [2.75, 3.05) is 30.8 Å². The number of nitrogen functional groups attached to an aromatic ring is 1. The van der Waals surface area contributed by atoms with E-state index in [2.05, 4.69) is 10.3 Å². The minimum Gasteiger partial charge on any atom is -0.399 e. The van der Waals surface area contributed by atoms with Crippen LogP contribution >= 0.6 is 0 Å². The lowest BCUT2D eigenvalue weighted by atomic mass is 10.2. The van der Waals surface area contributed by atoms with Crippen molar-refractivity contribution in [3.63, 3.8) is 0 Å². The standard InChI is InChI=1S/C16H21N3O/c17-14-5-6-15-13(10-14)4-7-16(19-15)18-8-1-9-20-11-12-2-3-12/h4-7,10,12H,1-3,8-9,11,17H2,(H,18,19). The van der Waals surface area contributed by atoms with Gasteiger partial charge in [0.05, 0.1) is 5.52 Å². The summed E-state index contributed by atoms with van der Waals surface area (Å²) in [5.74, 6) is 1.75. The largest absolute Gasteiger partial charge is 0.399 e. The Bertz CT molecular complexity index is 581. The van der Waals surface area contributed by atoms with Crippen molar-refractivity contribution in [3.05, 3.63) is 30.3 Å². The number of rotatable bonds is 7. The van der Waals surface area contributed by atoms with Gasteiger partial charge in [0, 0.05) is 30.8 Å². The Labute approximate surface area is 119 Å². The summed E-state index contributed by atoms with van der Waals surface area (Å²) in [5, 5.41) is 4.41. The van der Waals surface area contributed by atoms with Gasteiger partial charge in [-0.15, -0.1) is 0 Å². The van der Waals surface area contributed by atoms with Crippen LogP contribution in [0.15, 0.2) is 30.3 Å². The lowest BCUT2D eigenvalue weighted by molar-refractivity contribution is 0.124. The van der Waals surface area contributed by atoms with E-state index >= 15 is 0 Å². The van der Waals surface area contributed by atoms with Gasteiger partial charge in [-0.25, -0.2) is 4.98 Å². The SMILES string of the molecule is Nc1ccc2nc(NCCCOCC3CC3)ccc2c1. The molecule has 0 atom stereocenters. The Balaban J connectivity index is 1.45. The molecule has 4 heteroatoms. The highest BCUT2D eigenvalue weighted by atomic mass is 16.5. The lowest BCUT2D eigenvalue weighted by Gasteiger charge is -2.07. The number of nitrogens with two attached hydrogens (primary N) is 1. The number of hydrogen-bond acceptors (Lipinski definition) is 4. The minimum atomic E-state index is 0.771. The van der Waals surface area contributed by atoms with Crippen molar-refractivity contribution in [1.29, 1.82) is 0 Å². The molecule has 4 nitrogen and oxygen atoms in total. The summed E-state index contributed by atoms with van der Waals surface area (Å²) in [6.07, 6.45) is 3.71. The zero-order chi connectivity index (χ0) is 13.8. The van der Waals surface area contributed by atoms with Crippen molar-refractivity contribution in [3.8, 4) is 0 Å². The number of fused-ring (bicyclic) bond motifs is 1. The van der Waals surface area contributed by atoms with E-state index < -0.39 is 0 Å². The van der Waals surface area contributed by atoms with Gasteiger partial charge in [-0.05, 0) is 55.5 Å². The Morgan fingerprint density at radius 3 is 3.00 bits per heavy atom. The molecule has 1 heterocycles. The van der Waals surface area contributed by atoms with Gasteiger partial charge < -0.3 is 15.8 Å². The molecule has 2 aromatic rings. The number of aromatic nitrogens is 1. The number of benzene rings is 1. The highest BCUT2D eigenvalue weighted by molar-refractivity contribution is 5.83. The van der Waals surface area contributed by atoms with Gasteiger partial charge in [-0.3, -0.25) is 0 Å². The monoisotopic (exact) mass is 271 g/mol. The van der Waals surface area contributed by atoms with Gasteiger partial charge in [0.2, 0.25) is 0 Å². The Hall–Kier alpha value is -1.81. The molecule has 1 aromatic heterocycles. The average molecular weight is 271 g/mol. The van der Waals surface area contributed by atoms with Gasteiger partial charge in [0.1, 0.15) is 5.82 Å². The van der Waals surface area contributed by atoms with Crippen molar-refractivity contribution < 1.29 is 4.74 Å². The first-order valence-corrected chi connectivity index (χ1v) is 7.29. The van der Waals surface area contributed by atoms with Gasteiger partial charge in [0.15, 0.2) is 0 Å². The maximum atomic E-state index is 5.76. The van der Waals surface area contributed by atoms with Gasteiger partial charge in [0.25, 0.3) is 0 Å². The van der Waals surface area contributed by atoms with Crippen LogP contribution in [0.1, 0.15) is 19.3 Å². The van der Waals surface area contributed by atoms with Gasteiger partial charge in [-0.1, -0.05) is 0 Å². The van der Waals surface area contributed by atoms with E-state index in [9.17, 15) is 0 Å². The summed E-state index contributed by atoms with van der Waals surface area (Å²) in [4.78, 5) is 4.56. The molecule has 1 aliphatic rings. The predicted molar refractivity (Wildman–Crippen MR) is 82.8 cm³/mol. The van der Waals surface area contributed by atoms with E-state index in [0.29, 0.717) is 0 Å². The topological polar surface area (TPSA) is 60.2 Å². The van der Waals surface area contributed by atoms with Crippen molar-refractivity contribution in [2.24, 2.45) is 5.92 Å². The summed E-state index contributed by atoms with van der Waals surface area (Å²) >= 11 is 0. The average Bonchev–Trinajstić information content (AvgIpc) is 3.27. The first-order valence-electron chi connectivity index (χ1n) is 7.29. The summed E-state index contributed by atoms with van der Waals surface area (Å²) in [6.45, 7) is 2.65. The second kappa shape index (κ2) is 6.09. The van der Waals surface area contributed by atoms with Gasteiger partial charge >= 0.3 is 0 Å². The molecular formula is C16H21N3O. The lowest BCUT2D eigenvalue weighted by Crippen LogP contribution is -2.07. The first-order chi connectivity index (χ1) is 9.81. The molecule has 0 amide bonds. The molecule has 1 saturated carbocycles. The van der Waals surface area contributed by atoms with Crippen molar-refractivity contribution >= 4 is 22.4 Å². The van der Waals surface area contributed by atoms with Crippen LogP contribution in [0.4, 0.5) is 11.5 Å². The van der Waals surface area contributed by atoms with Crippen LogP contribution in [-0.4, -0.2) is 24.7 Å². The Kier molecular flexibility index (Phi) is 4.02. The van der Waals surface area contributed by atoms with Crippen LogP contribution in [0, 0.1) is 5.92 Å². The van der Waals surface area contributed by atoms with Crippen molar-refractivity contribution in [1.82, 2.24) is 4.98 Å². The molecule has 106 valence electrons. The zero-order valence-corrected chi connectivity index (χ0v) is 11.6. The molecule has 0 saturated heterocycles. The number of ether oxygens (including phenoxy) is 1. The highest BCUT2D eigenvalue weighted by Gasteiger charge is 2.20. The third kappa shape index (κ3) is 3.61. The van der Waals surface area contributed by atoms with E-state index in [0.717, 1.165) is 54.5 Å². The summed E-state index contributed by atoms with van der Waals surface area (Å²) in [6, 6.07) is 9.81. The maximum Gasteiger partial charge on any atom is 0.126 e. The molecule has 1 aromatic carbocycles. The molecule has 3 N–H and O–H groups in total. The highest BCUT2D eigenvalue weighted by Crippen LogP contribution is 2.28. The molecule has 1 fully saturated rings. The molecule has 0 spiro atoms. The fourth-order valence-electron chi connectivity index (χ4n) is 2.17. The third-order valence-electron chi connectivity index (χ3n) is 3.54. The number of nitrogens with one attached hydrogen (secondary N) is 1. The van der Waals surface area contributed by atoms with Crippen LogP contribution < -0.4 is 11.1 Å². The number of nitrogens with zero attached hydrogens (tertiary/aromatic N) is 1. The molecule has 3 rings (SSSR count). The molecule has 0 aliphatic heterocycles. The van der Waals surface area contributed by atoms with E-state index in [1.165, 1.54) is 12.8 Å². The molecule has 1 aliphatic carbocycles. The smallest absolute Gasteiger partial charge is 0.126 e. The van der Waals surface area contributed by atoms with E-state index in [1.54, 1.807) is 0 Å². The molecule has 0 unspecified atom stereocenters. The van der Waals surface area contributed by atoms with Crippen LogP contribution in [-0.2, 0) is 4.74 Å². The summed E-state index contributed by atoms with van der Waals surface area (Å²) in [5.41, 5.74) is 7.49. The maximum absolute atomic E-state index is 5.76. The van der Waals surface area contributed by atoms with Crippen molar-refractivity contribution in [2.45, 2.75) is 19.3 Å². The van der Waals surface area contributed by atoms with Crippen LogP contribution in [0.5, 0.6) is 0 Å². The summed E-state index contributed by atoms with van der Waals surface area (Å²) < 4.78 is 5.60. The molecule has 20 heavy (non-hydrogen) atoms. The van der Waals surface area contributed by atoms with Crippen LogP contribution in [0.3, 0.4) is 0 Å². The minimum absolute atomic E-state index is 0.771. The quantitative estimate of drug-likeness (QED) is 0.600. The number of pyridine rings is 1. The fraction of sp³-hybridized carbons (Fsp3) is 0.438. The van der Waals surface area contributed by atoms with Crippen LogP contribution in [0.2, 0.25) is 0 Å². The van der Waals surface area contributed by atoms with E-state index in [-0.39, 0.29) is 0 Å².